The van der Waals surface area contributed by atoms with Gasteiger partial charge in [-0.3, -0.25) is 4.79 Å². The van der Waals surface area contributed by atoms with E-state index < -0.39 is 4.75 Å². The summed E-state index contributed by atoms with van der Waals surface area (Å²) < 4.78 is 9.69. The van der Waals surface area contributed by atoms with Crippen molar-refractivity contribution in [3.63, 3.8) is 0 Å². The second kappa shape index (κ2) is 5.96. The molecule has 17 heavy (non-hydrogen) atoms. The molecule has 0 fully saturated rings. The van der Waals surface area contributed by atoms with Gasteiger partial charge in [-0.1, -0.05) is 12.1 Å². The van der Waals surface area contributed by atoms with Gasteiger partial charge >= 0.3 is 5.97 Å². The van der Waals surface area contributed by atoms with E-state index in [-0.39, 0.29) is 5.97 Å². The molecule has 1 rings (SSSR count). The number of methoxy groups -OCH3 is 1. The van der Waals surface area contributed by atoms with Crippen molar-refractivity contribution in [3.8, 4) is 5.75 Å². The Kier molecular flexibility index (Phi) is 4.87. The average molecular weight is 254 g/mol. The Hall–Kier alpha value is -1.16. The fourth-order valence-corrected chi connectivity index (χ4v) is 2.42. The van der Waals surface area contributed by atoms with Gasteiger partial charge in [0.25, 0.3) is 0 Å². The molecular formula is C13H18O3S. The van der Waals surface area contributed by atoms with Gasteiger partial charge in [-0.15, -0.1) is 11.8 Å². The van der Waals surface area contributed by atoms with E-state index in [0.29, 0.717) is 6.61 Å². The van der Waals surface area contributed by atoms with Crippen molar-refractivity contribution in [3.05, 3.63) is 24.3 Å². The monoisotopic (exact) mass is 254 g/mol. The Morgan fingerprint density at radius 3 is 2.59 bits per heavy atom. The van der Waals surface area contributed by atoms with E-state index in [2.05, 4.69) is 0 Å². The lowest BCUT2D eigenvalue weighted by molar-refractivity contribution is -0.145. The zero-order valence-electron chi connectivity index (χ0n) is 10.6. The molecule has 0 spiro atoms. The summed E-state index contributed by atoms with van der Waals surface area (Å²) in [6.45, 7) is 5.90. The molecule has 0 aliphatic carbocycles. The number of benzene rings is 1. The highest BCUT2D eigenvalue weighted by Gasteiger charge is 2.31. The van der Waals surface area contributed by atoms with Crippen molar-refractivity contribution in [2.24, 2.45) is 0 Å². The number of hydrogen-bond acceptors (Lipinski definition) is 4. The van der Waals surface area contributed by atoms with Crippen LogP contribution in [0.4, 0.5) is 0 Å². The lowest BCUT2D eigenvalue weighted by Gasteiger charge is -2.22. The highest BCUT2D eigenvalue weighted by atomic mass is 32.2. The van der Waals surface area contributed by atoms with Crippen LogP contribution in [0.15, 0.2) is 29.2 Å². The van der Waals surface area contributed by atoms with Crippen LogP contribution in [-0.2, 0) is 9.53 Å². The molecular weight excluding hydrogens is 236 g/mol. The molecule has 0 saturated heterocycles. The summed E-state index contributed by atoms with van der Waals surface area (Å²) in [5.41, 5.74) is 0. The molecule has 94 valence electrons. The standard InChI is InChI=1S/C13H18O3S/c1-5-16-12(14)13(2,3)17-11-9-7-6-8-10(11)15-4/h6-9H,5H2,1-4H3. The molecule has 0 aliphatic heterocycles. The number of ether oxygens (including phenoxy) is 2. The highest BCUT2D eigenvalue weighted by molar-refractivity contribution is 8.01. The molecule has 0 atom stereocenters. The molecule has 0 saturated carbocycles. The zero-order valence-corrected chi connectivity index (χ0v) is 11.5. The molecule has 3 nitrogen and oxygen atoms in total. The van der Waals surface area contributed by atoms with Crippen molar-refractivity contribution < 1.29 is 14.3 Å². The van der Waals surface area contributed by atoms with Crippen LogP contribution in [0.1, 0.15) is 20.8 Å². The molecule has 0 unspecified atom stereocenters. The van der Waals surface area contributed by atoms with Crippen molar-refractivity contribution in [1.82, 2.24) is 0 Å². The van der Waals surface area contributed by atoms with Crippen LogP contribution >= 0.6 is 11.8 Å². The van der Waals surface area contributed by atoms with E-state index in [0.717, 1.165) is 10.6 Å². The van der Waals surface area contributed by atoms with Gasteiger partial charge in [0, 0.05) is 0 Å². The lowest BCUT2D eigenvalue weighted by atomic mass is 10.2. The fraction of sp³-hybridized carbons (Fsp3) is 0.462. The minimum absolute atomic E-state index is 0.212. The van der Waals surface area contributed by atoms with Crippen LogP contribution < -0.4 is 4.74 Å². The first-order valence-corrected chi connectivity index (χ1v) is 6.32. The van der Waals surface area contributed by atoms with E-state index in [1.54, 1.807) is 7.11 Å². The first-order valence-electron chi connectivity index (χ1n) is 5.50. The van der Waals surface area contributed by atoms with Gasteiger partial charge in [0.2, 0.25) is 0 Å². The molecule has 0 radical (unpaired) electrons. The minimum Gasteiger partial charge on any atom is -0.496 e. The number of para-hydroxylation sites is 1. The molecule has 0 heterocycles. The average Bonchev–Trinajstić information content (AvgIpc) is 2.29. The summed E-state index contributed by atoms with van der Waals surface area (Å²) in [7, 11) is 1.62. The molecule has 4 heteroatoms. The van der Waals surface area contributed by atoms with Gasteiger partial charge in [0.05, 0.1) is 18.6 Å². The van der Waals surface area contributed by atoms with Crippen LogP contribution in [0.25, 0.3) is 0 Å². The van der Waals surface area contributed by atoms with Crippen molar-refractivity contribution in [2.45, 2.75) is 30.4 Å². The zero-order chi connectivity index (χ0) is 12.9. The Morgan fingerprint density at radius 2 is 2.00 bits per heavy atom. The van der Waals surface area contributed by atoms with Gasteiger partial charge in [0.1, 0.15) is 10.5 Å². The fourth-order valence-electron chi connectivity index (χ4n) is 1.32. The summed E-state index contributed by atoms with van der Waals surface area (Å²) in [4.78, 5) is 12.7. The van der Waals surface area contributed by atoms with E-state index in [1.165, 1.54) is 11.8 Å². The van der Waals surface area contributed by atoms with Crippen molar-refractivity contribution >= 4 is 17.7 Å². The van der Waals surface area contributed by atoms with Crippen LogP contribution in [0.5, 0.6) is 5.75 Å². The number of esters is 1. The first-order chi connectivity index (χ1) is 8.01. The first kappa shape index (κ1) is 13.9. The van der Waals surface area contributed by atoms with Crippen molar-refractivity contribution in [1.29, 1.82) is 0 Å². The summed E-state index contributed by atoms with van der Waals surface area (Å²) in [5.74, 6) is 0.561. The second-order valence-electron chi connectivity index (χ2n) is 3.98. The summed E-state index contributed by atoms with van der Waals surface area (Å²) in [6.07, 6.45) is 0. The Labute approximate surface area is 106 Å². The summed E-state index contributed by atoms with van der Waals surface area (Å²) >= 11 is 1.45. The smallest absolute Gasteiger partial charge is 0.321 e. The number of thioether (sulfide) groups is 1. The van der Waals surface area contributed by atoms with Crippen LogP contribution in [0.3, 0.4) is 0 Å². The number of carbonyl (C=O) groups excluding carboxylic acids is 1. The van der Waals surface area contributed by atoms with Gasteiger partial charge in [0.15, 0.2) is 0 Å². The normalized spacial score (nSPS) is 11.1. The topological polar surface area (TPSA) is 35.5 Å². The highest BCUT2D eigenvalue weighted by Crippen LogP contribution is 2.38. The number of carbonyl (C=O) groups is 1. The molecule has 0 aromatic heterocycles. The molecule has 1 aromatic carbocycles. The number of rotatable bonds is 5. The second-order valence-corrected chi connectivity index (χ2v) is 5.65. The third-order valence-corrected chi connectivity index (χ3v) is 3.44. The Balaban J connectivity index is 2.85. The molecule has 0 bridgehead atoms. The largest absolute Gasteiger partial charge is 0.496 e. The predicted octanol–water partition coefficient (Wildman–Crippen LogP) is 3.13. The van der Waals surface area contributed by atoms with Crippen LogP contribution in [0.2, 0.25) is 0 Å². The van der Waals surface area contributed by atoms with E-state index in [9.17, 15) is 4.79 Å². The van der Waals surface area contributed by atoms with Gasteiger partial charge in [-0.25, -0.2) is 0 Å². The van der Waals surface area contributed by atoms with Gasteiger partial charge < -0.3 is 9.47 Å². The number of hydrogen-bond donors (Lipinski definition) is 0. The maximum atomic E-state index is 11.8. The Bertz CT molecular complexity index is 388. The van der Waals surface area contributed by atoms with E-state index in [4.69, 9.17) is 9.47 Å². The maximum Gasteiger partial charge on any atom is 0.321 e. The molecule has 0 aliphatic rings. The van der Waals surface area contributed by atoms with Crippen LogP contribution in [-0.4, -0.2) is 24.4 Å². The summed E-state index contributed by atoms with van der Waals surface area (Å²) in [6, 6.07) is 7.64. The van der Waals surface area contributed by atoms with Gasteiger partial charge in [-0.05, 0) is 32.9 Å². The molecule has 0 N–H and O–H groups in total. The molecule has 0 amide bonds. The minimum atomic E-state index is -0.620. The van der Waals surface area contributed by atoms with Gasteiger partial charge in [-0.2, -0.15) is 0 Å². The maximum absolute atomic E-state index is 11.8. The SMILES string of the molecule is CCOC(=O)C(C)(C)Sc1ccccc1OC. The quantitative estimate of drug-likeness (QED) is 0.597. The lowest BCUT2D eigenvalue weighted by Crippen LogP contribution is -2.30. The molecule has 1 aromatic rings. The van der Waals surface area contributed by atoms with E-state index in [1.807, 2.05) is 45.0 Å². The predicted molar refractivity (Wildman–Crippen MR) is 69.6 cm³/mol. The Morgan fingerprint density at radius 1 is 1.35 bits per heavy atom. The third-order valence-electron chi connectivity index (χ3n) is 2.20. The third kappa shape index (κ3) is 3.66. The van der Waals surface area contributed by atoms with Crippen molar-refractivity contribution in [2.75, 3.05) is 13.7 Å². The van der Waals surface area contributed by atoms with E-state index >= 15 is 0 Å². The van der Waals surface area contributed by atoms with Crippen LogP contribution in [0, 0.1) is 0 Å². The summed E-state index contributed by atoms with van der Waals surface area (Å²) in [5, 5.41) is 0.